The third-order valence-corrected chi connectivity index (χ3v) is 3.41. The van der Waals surface area contributed by atoms with Crippen molar-refractivity contribution in [2.24, 2.45) is 5.73 Å². The number of para-hydroxylation sites is 1. The summed E-state index contributed by atoms with van der Waals surface area (Å²) in [6.07, 6.45) is 0. The maximum atomic E-state index is 7.71. The van der Waals surface area contributed by atoms with Crippen molar-refractivity contribution in [1.82, 2.24) is 0 Å². The van der Waals surface area contributed by atoms with Crippen LogP contribution in [0, 0.1) is 12.3 Å². The number of amidine groups is 1. The first-order valence-electron chi connectivity index (χ1n) is 6.80. The smallest absolute Gasteiger partial charge is 0.124 e. The van der Waals surface area contributed by atoms with E-state index in [2.05, 4.69) is 38.2 Å². The topological polar surface area (TPSA) is 61.9 Å². The highest BCUT2D eigenvalue weighted by molar-refractivity contribution is 6.01. The largest absolute Gasteiger partial charge is 0.384 e. The minimum Gasteiger partial charge on any atom is -0.384 e. The Hall–Kier alpha value is -2.29. The molecule has 3 heteroatoms. The molecule has 0 bridgehead atoms. The van der Waals surface area contributed by atoms with Crippen molar-refractivity contribution in [1.29, 1.82) is 5.41 Å². The van der Waals surface area contributed by atoms with Crippen LogP contribution < -0.4 is 11.1 Å². The van der Waals surface area contributed by atoms with Gasteiger partial charge in [0.2, 0.25) is 0 Å². The summed E-state index contributed by atoms with van der Waals surface area (Å²) in [4.78, 5) is 0. The highest BCUT2D eigenvalue weighted by atomic mass is 14.9. The molecule has 0 aliphatic carbocycles. The first-order chi connectivity index (χ1) is 9.49. The van der Waals surface area contributed by atoms with Crippen molar-refractivity contribution < 1.29 is 0 Å². The monoisotopic (exact) mass is 267 g/mol. The van der Waals surface area contributed by atoms with Crippen molar-refractivity contribution in [3.05, 3.63) is 59.2 Å². The second-order valence-electron chi connectivity index (χ2n) is 5.31. The molecule has 4 N–H and O–H groups in total. The lowest BCUT2D eigenvalue weighted by Gasteiger charge is -2.16. The van der Waals surface area contributed by atoms with Gasteiger partial charge in [-0.05, 0) is 42.2 Å². The van der Waals surface area contributed by atoms with E-state index in [4.69, 9.17) is 11.1 Å². The predicted octanol–water partition coefficient (Wildman–Crippen LogP) is 4.15. The van der Waals surface area contributed by atoms with E-state index in [1.54, 1.807) is 0 Å². The van der Waals surface area contributed by atoms with Gasteiger partial charge in [-0.1, -0.05) is 38.1 Å². The van der Waals surface area contributed by atoms with E-state index in [1.807, 2.05) is 30.3 Å². The molecule has 20 heavy (non-hydrogen) atoms. The van der Waals surface area contributed by atoms with Crippen LogP contribution in [-0.2, 0) is 0 Å². The van der Waals surface area contributed by atoms with Crippen molar-refractivity contribution in [3.8, 4) is 0 Å². The first kappa shape index (κ1) is 14.1. The number of aryl methyl sites for hydroxylation is 1. The summed E-state index contributed by atoms with van der Waals surface area (Å²) in [5.74, 6) is 0.518. The summed E-state index contributed by atoms with van der Waals surface area (Å²) in [5, 5.41) is 11.1. The Morgan fingerprint density at radius 3 is 2.40 bits per heavy atom. The average molecular weight is 267 g/mol. The number of rotatable bonds is 4. The van der Waals surface area contributed by atoms with Gasteiger partial charge >= 0.3 is 0 Å². The van der Waals surface area contributed by atoms with E-state index in [0.29, 0.717) is 5.92 Å². The molecule has 0 unspecified atom stereocenters. The van der Waals surface area contributed by atoms with Crippen LogP contribution in [0.3, 0.4) is 0 Å². The van der Waals surface area contributed by atoms with Crippen molar-refractivity contribution in [3.63, 3.8) is 0 Å². The number of nitrogen functional groups attached to an aromatic ring is 1. The number of hydrogen-bond acceptors (Lipinski definition) is 2. The second-order valence-corrected chi connectivity index (χ2v) is 5.31. The van der Waals surface area contributed by atoms with E-state index in [-0.39, 0.29) is 5.84 Å². The molecule has 0 saturated carbocycles. The zero-order valence-electron chi connectivity index (χ0n) is 12.2. The average Bonchev–Trinajstić information content (AvgIpc) is 2.41. The minimum absolute atomic E-state index is 0.0800. The van der Waals surface area contributed by atoms with Crippen LogP contribution in [0.5, 0.6) is 0 Å². The van der Waals surface area contributed by atoms with Gasteiger partial charge in [0.15, 0.2) is 0 Å². The molecule has 0 aromatic heterocycles. The molecule has 3 nitrogen and oxygen atoms in total. The lowest BCUT2D eigenvalue weighted by atomic mass is 9.99. The molecule has 0 radical (unpaired) electrons. The fourth-order valence-electron chi connectivity index (χ4n) is 2.12. The van der Waals surface area contributed by atoms with Gasteiger partial charge in [-0.2, -0.15) is 0 Å². The Bertz CT molecular complexity index is 630. The fourth-order valence-corrected chi connectivity index (χ4v) is 2.12. The number of benzene rings is 2. The summed E-state index contributed by atoms with van der Waals surface area (Å²) in [6, 6.07) is 14.1. The van der Waals surface area contributed by atoms with E-state index >= 15 is 0 Å². The number of hydrogen-bond donors (Lipinski definition) is 3. The van der Waals surface area contributed by atoms with Gasteiger partial charge in [-0.15, -0.1) is 0 Å². The number of nitrogens with two attached hydrogens (primary N) is 1. The Kier molecular flexibility index (Phi) is 4.08. The van der Waals surface area contributed by atoms with Gasteiger partial charge < -0.3 is 11.1 Å². The van der Waals surface area contributed by atoms with Crippen LogP contribution in [0.1, 0.15) is 36.5 Å². The number of nitrogens with one attached hydrogen (secondary N) is 2. The standard InChI is InChI=1S/C17H21N3/c1-11(2)13-8-9-14(17(18)19)16(10-13)20-15-7-5-4-6-12(15)3/h4-11,20H,1-3H3,(H3,18,19). The molecule has 0 heterocycles. The van der Waals surface area contributed by atoms with Crippen molar-refractivity contribution >= 4 is 17.2 Å². The van der Waals surface area contributed by atoms with Crippen LogP contribution in [0.15, 0.2) is 42.5 Å². The predicted molar refractivity (Wildman–Crippen MR) is 86.0 cm³/mol. The molecule has 2 aromatic rings. The summed E-state index contributed by atoms with van der Waals surface area (Å²) >= 11 is 0. The molecular formula is C17H21N3. The van der Waals surface area contributed by atoms with Crippen LogP contribution in [0.2, 0.25) is 0 Å². The van der Waals surface area contributed by atoms with Crippen LogP contribution in [0.4, 0.5) is 11.4 Å². The van der Waals surface area contributed by atoms with E-state index in [0.717, 1.165) is 22.5 Å². The first-order valence-corrected chi connectivity index (χ1v) is 6.80. The molecule has 0 atom stereocenters. The molecule has 0 spiro atoms. The zero-order valence-corrected chi connectivity index (χ0v) is 12.2. The maximum Gasteiger partial charge on any atom is 0.124 e. The van der Waals surface area contributed by atoms with Crippen molar-refractivity contribution in [2.75, 3.05) is 5.32 Å². The van der Waals surface area contributed by atoms with E-state index < -0.39 is 0 Å². The Morgan fingerprint density at radius 1 is 1.10 bits per heavy atom. The van der Waals surface area contributed by atoms with Gasteiger partial charge in [0.05, 0.1) is 0 Å². The molecule has 0 aliphatic rings. The number of anilines is 2. The molecular weight excluding hydrogens is 246 g/mol. The lowest BCUT2D eigenvalue weighted by molar-refractivity contribution is 0.867. The third-order valence-electron chi connectivity index (χ3n) is 3.41. The molecule has 0 saturated heterocycles. The summed E-state index contributed by atoms with van der Waals surface area (Å²) < 4.78 is 0. The minimum atomic E-state index is 0.0800. The summed E-state index contributed by atoms with van der Waals surface area (Å²) in [5.41, 5.74) is 10.7. The molecule has 0 amide bonds. The summed E-state index contributed by atoms with van der Waals surface area (Å²) in [6.45, 7) is 6.36. The highest BCUT2D eigenvalue weighted by Gasteiger charge is 2.09. The highest BCUT2D eigenvalue weighted by Crippen LogP contribution is 2.27. The fraction of sp³-hybridized carbons (Fsp3) is 0.235. The van der Waals surface area contributed by atoms with Crippen LogP contribution in [-0.4, -0.2) is 5.84 Å². The molecule has 2 rings (SSSR count). The molecule has 0 aliphatic heterocycles. The Balaban J connectivity index is 2.45. The van der Waals surface area contributed by atoms with Gasteiger partial charge in [-0.3, -0.25) is 5.41 Å². The van der Waals surface area contributed by atoms with Gasteiger partial charge in [0, 0.05) is 16.9 Å². The van der Waals surface area contributed by atoms with Crippen LogP contribution >= 0.6 is 0 Å². The Morgan fingerprint density at radius 2 is 1.80 bits per heavy atom. The van der Waals surface area contributed by atoms with Gasteiger partial charge in [0.25, 0.3) is 0 Å². The molecule has 2 aromatic carbocycles. The third kappa shape index (κ3) is 2.99. The van der Waals surface area contributed by atoms with E-state index in [9.17, 15) is 0 Å². The SMILES string of the molecule is Cc1ccccc1Nc1cc(C(C)C)ccc1C(=N)N. The quantitative estimate of drug-likeness (QED) is 0.575. The van der Waals surface area contributed by atoms with E-state index in [1.165, 1.54) is 5.56 Å². The van der Waals surface area contributed by atoms with Gasteiger partial charge in [-0.25, -0.2) is 0 Å². The molecule has 104 valence electrons. The van der Waals surface area contributed by atoms with Gasteiger partial charge in [0.1, 0.15) is 5.84 Å². The lowest BCUT2D eigenvalue weighted by Crippen LogP contribution is -2.14. The normalized spacial score (nSPS) is 10.6. The maximum absolute atomic E-state index is 7.71. The second kappa shape index (κ2) is 5.78. The molecule has 0 fully saturated rings. The Labute approximate surface area is 120 Å². The summed E-state index contributed by atoms with van der Waals surface area (Å²) in [7, 11) is 0. The zero-order chi connectivity index (χ0) is 14.7. The van der Waals surface area contributed by atoms with Crippen molar-refractivity contribution in [2.45, 2.75) is 26.7 Å². The van der Waals surface area contributed by atoms with Crippen LogP contribution in [0.25, 0.3) is 0 Å².